The Hall–Kier alpha value is -2.34. The van der Waals surface area contributed by atoms with Crippen LogP contribution in [-0.2, 0) is 11.3 Å². The lowest BCUT2D eigenvalue weighted by molar-refractivity contribution is -0.135. The first-order valence-electron chi connectivity index (χ1n) is 9.22. The fourth-order valence-electron chi connectivity index (χ4n) is 3.31. The molecule has 3 rings (SSSR count). The van der Waals surface area contributed by atoms with Gasteiger partial charge in [-0.3, -0.25) is 14.4 Å². The van der Waals surface area contributed by atoms with Gasteiger partial charge in [-0.05, 0) is 38.5 Å². The summed E-state index contributed by atoms with van der Waals surface area (Å²) in [6.45, 7) is 11.4. The maximum atomic E-state index is 12.4. The monoisotopic (exact) mass is 356 g/mol. The summed E-state index contributed by atoms with van der Waals surface area (Å²) in [4.78, 5) is 16.7. The molecule has 0 spiro atoms. The first-order valence-corrected chi connectivity index (χ1v) is 9.22. The number of nitrogens with zero attached hydrogens (tertiary/aromatic N) is 4. The molecule has 6 heteroatoms. The van der Waals surface area contributed by atoms with Crippen LogP contribution in [0.3, 0.4) is 0 Å². The van der Waals surface area contributed by atoms with Crippen LogP contribution in [0.2, 0.25) is 0 Å². The quantitative estimate of drug-likeness (QED) is 0.795. The number of aryl methyl sites for hydroxylation is 3. The second-order valence-corrected chi connectivity index (χ2v) is 6.93. The second kappa shape index (κ2) is 8.36. The van der Waals surface area contributed by atoms with E-state index in [0.29, 0.717) is 0 Å². The summed E-state index contributed by atoms with van der Waals surface area (Å²) in [7, 11) is 0. The average molecular weight is 356 g/mol. The fourth-order valence-corrected chi connectivity index (χ4v) is 3.31. The Morgan fingerprint density at radius 3 is 2.46 bits per heavy atom. The molecule has 0 N–H and O–H groups in total. The Balaban J connectivity index is 1.41. The third-order valence-corrected chi connectivity index (χ3v) is 4.90. The zero-order chi connectivity index (χ0) is 18.5. The summed E-state index contributed by atoms with van der Waals surface area (Å²) < 4.78 is 7.74. The van der Waals surface area contributed by atoms with Gasteiger partial charge in [0.25, 0.3) is 5.91 Å². The highest BCUT2D eigenvalue weighted by atomic mass is 16.5. The van der Waals surface area contributed by atoms with E-state index in [9.17, 15) is 4.79 Å². The van der Waals surface area contributed by atoms with Gasteiger partial charge in [-0.2, -0.15) is 5.10 Å². The van der Waals surface area contributed by atoms with E-state index < -0.39 is 0 Å². The Morgan fingerprint density at radius 2 is 1.81 bits per heavy atom. The molecule has 26 heavy (non-hydrogen) atoms. The van der Waals surface area contributed by atoms with Crippen LogP contribution >= 0.6 is 0 Å². The van der Waals surface area contributed by atoms with Crippen molar-refractivity contribution in [2.24, 2.45) is 0 Å². The van der Waals surface area contributed by atoms with Gasteiger partial charge in [0.1, 0.15) is 5.75 Å². The Bertz CT molecular complexity index is 748. The standard InChI is InChI=1S/C20H28N4O2/c1-16-6-4-5-7-19(16)26-15-20(25)23-11-8-22(9-12-23)10-13-24-18(3)14-17(2)21-24/h4-7,14H,8-13,15H2,1-3H3. The number of hydrogen-bond donors (Lipinski definition) is 0. The van der Waals surface area contributed by atoms with E-state index in [1.165, 1.54) is 5.69 Å². The number of rotatable bonds is 6. The Morgan fingerprint density at radius 1 is 1.08 bits per heavy atom. The number of ether oxygens (including phenoxy) is 1. The maximum absolute atomic E-state index is 12.4. The predicted octanol–water partition coefficient (Wildman–Crippen LogP) is 2.03. The van der Waals surface area contributed by atoms with E-state index in [2.05, 4.69) is 27.7 Å². The number of para-hydroxylation sites is 1. The normalized spacial score (nSPS) is 15.3. The molecule has 1 aliphatic rings. The number of hydrogen-bond acceptors (Lipinski definition) is 4. The molecule has 1 aromatic heterocycles. The molecule has 6 nitrogen and oxygen atoms in total. The minimum atomic E-state index is 0.0615. The van der Waals surface area contributed by atoms with Gasteiger partial charge in [-0.25, -0.2) is 0 Å². The van der Waals surface area contributed by atoms with Crippen molar-refractivity contribution in [2.45, 2.75) is 27.3 Å². The third-order valence-electron chi connectivity index (χ3n) is 4.90. The van der Waals surface area contributed by atoms with Gasteiger partial charge in [0.05, 0.1) is 12.2 Å². The molecule has 0 radical (unpaired) electrons. The van der Waals surface area contributed by atoms with Crippen LogP contribution in [0, 0.1) is 20.8 Å². The molecule has 1 aliphatic heterocycles. The largest absolute Gasteiger partial charge is 0.484 e. The Labute approximate surface area is 155 Å². The van der Waals surface area contributed by atoms with Gasteiger partial charge >= 0.3 is 0 Å². The molecule has 1 aromatic carbocycles. The number of benzene rings is 1. The number of carbonyl (C=O) groups is 1. The van der Waals surface area contributed by atoms with Gasteiger partial charge in [-0.1, -0.05) is 18.2 Å². The van der Waals surface area contributed by atoms with Gasteiger partial charge in [-0.15, -0.1) is 0 Å². The molecule has 0 atom stereocenters. The van der Waals surface area contributed by atoms with Crippen molar-refractivity contribution >= 4 is 5.91 Å². The molecular formula is C20H28N4O2. The molecule has 0 aliphatic carbocycles. The molecule has 0 bridgehead atoms. The Kier molecular flexibility index (Phi) is 5.93. The van der Waals surface area contributed by atoms with Crippen molar-refractivity contribution in [3.8, 4) is 5.75 Å². The average Bonchev–Trinajstić information content (AvgIpc) is 2.97. The van der Waals surface area contributed by atoms with Crippen LogP contribution in [0.25, 0.3) is 0 Å². The lowest BCUT2D eigenvalue weighted by Gasteiger charge is -2.34. The van der Waals surface area contributed by atoms with E-state index in [4.69, 9.17) is 4.74 Å². The van der Waals surface area contributed by atoms with Crippen LogP contribution in [0.15, 0.2) is 30.3 Å². The number of aromatic nitrogens is 2. The van der Waals surface area contributed by atoms with Crippen LogP contribution in [0.5, 0.6) is 5.75 Å². The van der Waals surface area contributed by atoms with Crippen LogP contribution in [0.1, 0.15) is 17.0 Å². The molecular weight excluding hydrogens is 328 g/mol. The predicted molar refractivity (Wildman–Crippen MR) is 101 cm³/mol. The van der Waals surface area contributed by atoms with Crippen molar-refractivity contribution in [1.82, 2.24) is 19.6 Å². The summed E-state index contributed by atoms with van der Waals surface area (Å²) >= 11 is 0. The van der Waals surface area contributed by atoms with Crippen LogP contribution in [0.4, 0.5) is 0 Å². The van der Waals surface area contributed by atoms with E-state index in [-0.39, 0.29) is 12.5 Å². The van der Waals surface area contributed by atoms with Crippen LogP contribution in [-0.4, -0.2) is 64.8 Å². The molecule has 2 aromatic rings. The SMILES string of the molecule is Cc1cc(C)n(CCN2CCN(C(=O)COc3ccccc3C)CC2)n1. The van der Waals surface area contributed by atoms with Gasteiger partial charge < -0.3 is 9.64 Å². The van der Waals surface area contributed by atoms with Crippen molar-refractivity contribution in [1.29, 1.82) is 0 Å². The maximum Gasteiger partial charge on any atom is 0.260 e. The summed E-state index contributed by atoms with van der Waals surface area (Å²) in [5, 5.41) is 4.51. The fraction of sp³-hybridized carbons (Fsp3) is 0.500. The van der Waals surface area contributed by atoms with E-state index in [1.807, 2.05) is 43.0 Å². The molecule has 0 unspecified atom stereocenters. The lowest BCUT2D eigenvalue weighted by atomic mass is 10.2. The molecule has 1 amide bonds. The van der Waals surface area contributed by atoms with E-state index in [0.717, 1.165) is 56.3 Å². The highest BCUT2D eigenvalue weighted by molar-refractivity contribution is 5.78. The first-order chi connectivity index (χ1) is 12.5. The number of piperazine rings is 1. The summed E-state index contributed by atoms with van der Waals surface area (Å²) in [6.07, 6.45) is 0. The summed E-state index contributed by atoms with van der Waals surface area (Å²) in [5.41, 5.74) is 3.31. The molecule has 0 saturated carbocycles. The van der Waals surface area contributed by atoms with Gasteiger partial charge in [0.2, 0.25) is 0 Å². The van der Waals surface area contributed by atoms with E-state index >= 15 is 0 Å². The minimum absolute atomic E-state index is 0.0615. The summed E-state index contributed by atoms with van der Waals surface area (Å²) in [6, 6.07) is 9.88. The molecule has 2 heterocycles. The zero-order valence-corrected chi connectivity index (χ0v) is 15.9. The van der Waals surface area contributed by atoms with Crippen molar-refractivity contribution in [3.05, 3.63) is 47.3 Å². The number of amides is 1. The van der Waals surface area contributed by atoms with Crippen molar-refractivity contribution < 1.29 is 9.53 Å². The molecule has 1 fully saturated rings. The number of carbonyl (C=O) groups excluding carboxylic acids is 1. The smallest absolute Gasteiger partial charge is 0.260 e. The zero-order valence-electron chi connectivity index (χ0n) is 15.9. The third kappa shape index (κ3) is 4.64. The van der Waals surface area contributed by atoms with E-state index in [1.54, 1.807) is 0 Å². The lowest BCUT2D eigenvalue weighted by Crippen LogP contribution is -2.50. The highest BCUT2D eigenvalue weighted by Crippen LogP contribution is 2.16. The van der Waals surface area contributed by atoms with Gasteiger partial charge in [0, 0.05) is 38.4 Å². The first kappa shape index (κ1) is 18.5. The van der Waals surface area contributed by atoms with Crippen molar-refractivity contribution in [2.75, 3.05) is 39.3 Å². The summed E-state index contributed by atoms with van der Waals surface area (Å²) in [5.74, 6) is 0.843. The topological polar surface area (TPSA) is 50.6 Å². The van der Waals surface area contributed by atoms with Gasteiger partial charge in [0.15, 0.2) is 6.61 Å². The molecule has 1 saturated heterocycles. The van der Waals surface area contributed by atoms with Crippen molar-refractivity contribution in [3.63, 3.8) is 0 Å². The second-order valence-electron chi connectivity index (χ2n) is 6.93. The minimum Gasteiger partial charge on any atom is -0.484 e. The van der Waals surface area contributed by atoms with Crippen LogP contribution < -0.4 is 4.74 Å². The highest BCUT2D eigenvalue weighted by Gasteiger charge is 2.21. The molecule has 140 valence electrons.